The smallest absolute Gasteiger partial charge is 0.399 e. The van der Waals surface area contributed by atoms with E-state index < -0.39 is 17.8 Å². The SMILES string of the molecule is COCCNc1cc2c(N[C@H](C)c3cc(N)cc(C(F)(F)F)c3)nc(C)nc2c2c1CCC2. The van der Waals surface area contributed by atoms with Crippen LogP contribution in [0.15, 0.2) is 24.3 Å². The Labute approximate surface area is 190 Å². The Morgan fingerprint density at radius 3 is 2.61 bits per heavy atom. The van der Waals surface area contributed by atoms with E-state index in [0.29, 0.717) is 30.4 Å². The number of methoxy groups -OCH3 is 1. The monoisotopic (exact) mass is 459 g/mol. The molecule has 2 aromatic carbocycles. The second kappa shape index (κ2) is 9.05. The maximum Gasteiger partial charge on any atom is 0.416 e. The number of nitrogens with one attached hydrogen (secondary N) is 2. The number of aromatic nitrogens is 2. The van der Waals surface area contributed by atoms with Crippen molar-refractivity contribution in [1.82, 2.24) is 9.97 Å². The Morgan fingerprint density at radius 2 is 1.88 bits per heavy atom. The average molecular weight is 460 g/mol. The van der Waals surface area contributed by atoms with E-state index >= 15 is 0 Å². The fourth-order valence-corrected chi connectivity index (χ4v) is 4.42. The molecule has 6 nitrogen and oxygen atoms in total. The summed E-state index contributed by atoms with van der Waals surface area (Å²) < 4.78 is 45.0. The first-order valence-corrected chi connectivity index (χ1v) is 11.0. The van der Waals surface area contributed by atoms with Crippen LogP contribution in [0.25, 0.3) is 10.9 Å². The largest absolute Gasteiger partial charge is 0.416 e. The van der Waals surface area contributed by atoms with Crippen LogP contribution in [-0.2, 0) is 23.8 Å². The van der Waals surface area contributed by atoms with Crippen LogP contribution in [0.4, 0.5) is 30.4 Å². The van der Waals surface area contributed by atoms with Gasteiger partial charge in [-0.05, 0) is 74.1 Å². The van der Waals surface area contributed by atoms with Gasteiger partial charge in [0.25, 0.3) is 0 Å². The van der Waals surface area contributed by atoms with Gasteiger partial charge in [0.05, 0.1) is 23.7 Å². The highest BCUT2D eigenvalue weighted by molar-refractivity contribution is 5.96. The van der Waals surface area contributed by atoms with Crippen LogP contribution in [0.3, 0.4) is 0 Å². The van der Waals surface area contributed by atoms with Crippen molar-refractivity contribution in [1.29, 1.82) is 0 Å². The van der Waals surface area contributed by atoms with Crippen molar-refractivity contribution in [2.24, 2.45) is 0 Å². The first-order valence-electron chi connectivity index (χ1n) is 11.0. The number of halogens is 3. The summed E-state index contributed by atoms with van der Waals surface area (Å²) in [5, 5.41) is 7.59. The minimum Gasteiger partial charge on any atom is -0.399 e. The van der Waals surface area contributed by atoms with Gasteiger partial charge in [-0.1, -0.05) is 0 Å². The van der Waals surface area contributed by atoms with Crippen LogP contribution in [-0.4, -0.2) is 30.2 Å². The Bertz CT molecular complexity index is 1180. The Hall–Kier alpha value is -3.07. The summed E-state index contributed by atoms with van der Waals surface area (Å²) in [5.41, 5.74) is 9.90. The number of aryl methyl sites for hydroxylation is 2. The third kappa shape index (κ3) is 4.83. The number of nitrogens with two attached hydrogens (primary N) is 1. The molecule has 1 aromatic heterocycles. The lowest BCUT2D eigenvalue weighted by Gasteiger charge is -2.20. The zero-order valence-corrected chi connectivity index (χ0v) is 18.9. The molecule has 1 aliphatic rings. The van der Waals surface area contributed by atoms with Crippen LogP contribution in [0, 0.1) is 6.92 Å². The van der Waals surface area contributed by atoms with Gasteiger partial charge < -0.3 is 21.1 Å². The highest BCUT2D eigenvalue weighted by Crippen LogP contribution is 2.38. The minimum absolute atomic E-state index is 0.0691. The molecule has 0 bridgehead atoms. The lowest BCUT2D eigenvalue weighted by atomic mass is 10.0. The molecule has 3 aromatic rings. The molecule has 1 aliphatic carbocycles. The molecule has 0 saturated heterocycles. The lowest BCUT2D eigenvalue weighted by Crippen LogP contribution is -2.13. The number of anilines is 3. The summed E-state index contributed by atoms with van der Waals surface area (Å²) in [6, 6.07) is 5.20. The summed E-state index contributed by atoms with van der Waals surface area (Å²) in [6.45, 7) is 4.87. The van der Waals surface area contributed by atoms with Crippen LogP contribution < -0.4 is 16.4 Å². The molecule has 0 spiro atoms. The molecule has 1 atom stereocenters. The number of rotatable bonds is 7. The molecular formula is C24H28F3N5O. The summed E-state index contributed by atoms with van der Waals surface area (Å²) in [4.78, 5) is 9.31. The molecule has 4 rings (SSSR count). The first kappa shape index (κ1) is 23.1. The van der Waals surface area contributed by atoms with Gasteiger partial charge in [0.2, 0.25) is 0 Å². The Kier molecular flexibility index (Phi) is 6.34. The van der Waals surface area contributed by atoms with Crippen molar-refractivity contribution in [2.75, 3.05) is 36.6 Å². The molecule has 4 N–H and O–H groups in total. The number of benzene rings is 2. The molecule has 1 heterocycles. The van der Waals surface area contributed by atoms with Gasteiger partial charge in [0.15, 0.2) is 0 Å². The number of alkyl halides is 3. The van der Waals surface area contributed by atoms with Gasteiger partial charge in [-0.25, -0.2) is 9.97 Å². The Morgan fingerprint density at radius 1 is 1.12 bits per heavy atom. The zero-order chi connectivity index (χ0) is 23.8. The molecular weight excluding hydrogens is 431 g/mol. The lowest BCUT2D eigenvalue weighted by molar-refractivity contribution is -0.137. The molecule has 0 amide bonds. The van der Waals surface area contributed by atoms with Crippen LogP contribution in [0.1, 0.15) is 47.5 Å². The number of nitrogens with zero attached hydrogens (tertiary/aromatic N) is 2. The minimum atomic E-state index is -4.47. The van der Waals surface area contributed by atoms with Gasteiger partial charge in [-0.15, -0.1) is 0 Å². The van der Waals surface area contributed by atoms with Crippen LogP contribution >= 0.6 is 0 Å². The van der Waals surface area contributed by atoms with Gasteiger partial charge >= 0.3 is 6.18 Å². The van der Waals surface area contributed by atoms with Crippen LogP contribution in [0.2, 0.25) is 0 Å². The van der Waals surface area contributed by atoms with Crippen molar-refractivity contribution < 1.29 is 17.9 Å². The molecule has 0 saturated carbocycles. The molecule has 0 aliphatic heterocycles. The summed E-state index contributed by atoms with van der Waals surface area (Å²) >= 11 is 0. The number of ether oxygens (including phenoxy) is 1. The van der Waals surface area contributed by atoms with Gasteiger partial charge in [-0.2, -0.15) is 13.2 Å². The maximum atomic E-state index is 13.3. The van der Waals surface area contributed by atoms with E-state index in [-0.39, 0.29) is 5.69 Å². The topological polar surface area (TPSA) is 85.1 Å². The number of hydrogen-bond acceptors (Lipinski definition) is 6. The summed E-state index contributed by atoms with van der Waals surface area (Å²) in [6.07, 6.45) is -1.50. The average Bonchev–Trinajstić information content (AvgIpc) is 3.24. The number of nitrogen functional groups attached to an aromatic ring is 1. The van der Waals surface area contributed by atoms with Crippen molar-refractivity contribution in [3.05, 3.63) is 52.3 Å². The molecule has 0 radical (unpaired) electrons. The normalized spacial score (nSPS) is 14.4. The van der Waals surface area contributed by atoms with E-state index in [9.17, 15) is 13.2 Å². The van der Waals surface area contributed by atoms with Crippen molar-refractivity contribution in [3.8, 4) is 0 Å². The standard InChI is InChI=1S/C24H28F3N5O/c1-13(15-9-16(24(25,26)27)11-17(28)10-15)30-23-20-12-21(29-7-8-33-3)18-5-4-6-19(18)22(20)31-14(2)32-23/h9-13,29H,4-8,28H2,1-3H3,(H,30,31,32)/t13-/m1/s1. The number of fused-ring (bicyclic) bond motifs is 3. The zero-order valence-electron chi connectivity index (χ0n) is 18.9. The summed E-state index contributed by atoms with van der Waals surface area (Å²) in [7, 11) is 1.66. The summed E-state index contributed by atoms with van der Waals surface area (Å²) in [5.74, 6) is 1.19. The van der Waals surface area contributed by atoms with Gasteiger partial charge in [0, 0.05) is 30.4 Å². The van der Waals surface area contributed by atoms with Gasteiger partial charge in [-0.3, -0.25) is 0 Å². The fraction of sp³-hybridized carbons (Fsp3) is 0.417. The number of hydrogen-bond donors (Lipinski definition) is 3. The predicted molar refractivity (Wildman–Crippen MR) is 125 cm³/mol. The second-order valence-electron chi connectivity index (χ2n) is 8.42. The fourth-order valence-electron chi connectivity index (χ4n) is 4.42. The van der Waals surface area contributed by atoms with E-state index in [0.717, 1.165) is 48.0 Å². The van der Waals surface area contributed by atoms with E-state index in [1.54, 1.807) is 20.1 Å². The van der Waals surface area contributed by atoms with Crippen molar-refractivity contribution >= 4 is 28.1 Å². The highest BCUT2D eigenvalue weighted by atomic mass is 19.4. The third-order valence-corrected chi connectivity index (χ3v) is 5.95. The molecule has 9 heteroatoms. The molecule has 0 fully saturated rings. The van der Waals surface area contributed by atoms with Gasteiger partial charge in [0.1, 0.15) is 11.6 Å². The highest BCUT2D eigenvalue weighted by Gasteiger charge is 2.31. The van der Waals surface area contributed by atoms with Crippen LogP contribution in [0.5, 0.6) is 0 Å². The predicted octanol–water partition coefficient (Wildman–Crippen LogP) is 5.26. The molecule has 33 heavy (non-hydrogen) atoms. The second-order valence-corrected chi connectivity index (χ2v) is 8.42. The first-order chi connectivity index (χ1) is 15.7. The van der Waals surface area contributed by atoms with E-state index in [1.807, 2.05) is 13.0 Å². The van der Waals surface area contributed by atoms with Crippen molar-refractivity contribution in [2.45, 2.75) is 45.3 Å². The Balaban J connectivity index is 1.75. The third-order valence-electron chi connectivity index (χ3n) is 5.95. The van der Waals surface area contributed by atoms with Crippen molar-refractivity contribution in [3.63, 3.8) is 0 Å². The van der Waals surface area contributed by atoms with E-state index in [4.69, 9.17) is 15.5 Å². The quantitative estimate of drug-likeness (QED) is 0.330. The van der Waals surface area contributed by atoms with E-state index in [1.165, 1.54) is 11.1 Å². The molecule has 176 valence electrons. The van der Waals surface area contributed by atoms with E-state index in [2.05, 4.69) is 15.6 Å². The molecule has 0 unspecified atom stereocenters. The maximum absolute atomic E-state index is 13.3.